The first-order chi connectivity index (χ1) is 26.7. The van der Waals surface area contributed by atoms with Gasteiger partial charge in [-0.1, -0.05) is 135 Å². The molecule has 0 N–H and O–H groups in total. The Hall–Kier alpha value is -6.85. The van der Waals surface area contributed by atoms with Gasteiger partial charge in [0.2, 0.25) is 0 Å². The van der Waals surface area contributed by atoms with Gasteiger partial charge in [0.15, 0.2) is 17.5 Å². The van der Waals surface area contributed by atoms with Gasteiger partial charge in [0.1, 0.15) is 11.2 Å². The van der Waals surface area contributed by atoms with E-state index >= 15 is 0 Å². The fraction of sp³-hybridized carbons (Fsp3) is 0.0816. The molecule has 5 heteroatoms. The molecule has 0 amide bonds. The van der Waals surface area contributed by atoms with Crippen LogP contribution in [0.1, 0.15) is 25.3 Å². The number of aryl methyl sites for hydroxylation is 1. The lowest BCUT2D eigenvalue weighted by Gasteiger charge is -2.15. The monoisotopic (exact) mass is 696 g/mol. The van der Waals surface area contributed by atoms with Gasteiger partial charge in [0.05, 0.1) is 22.1 Å². The number of hydrogen-bond acceptors (Lipinski definition) is 4. The van der Waals surface area contributed by atoms with Gasteiger partial charge in [0, 0.05) is 32.8 Å². The van der Waals surface area contributed by atoms with E-state index in [4.69, 9.17) is 19.4 Å². The second-order valence-electron chi connectivity index (χ2n) is 13.9. The number of nitrogens with zero attached hydrogens (tertiary/aromatic N) is 4. The number of rotatable bonds is 8. The number of para-hydroxylation sites is 3. The Bertz CT molecular complexity index is 2980. The first-order valence-electron chi connectivity index (χ1n) is 18.7. The van der Waals surface area contributed by atoms with E-state index in [0.29, 0.717) is 17.5 Å². The summed E-state index contributed by atoms with van der Waals surface area (Å²) in [7, 11) is 0. The topological polar surface area (TPSA) is 56.7 Å². The molecule has 3 heterocycles. The molecule has 0 aliphatic rings. The number of aromatic nitrogens is 4. The largest absolute Gasteiger partial charge is 0.456 e. The lowest BCUT2D eigenvalue weighted by Crippen LogP contribution is -2.03. The second kappa shape index (κ2) is 13.3. The molecule has 10 aromatic rings. The first kappa shape index (κ1) is 31.9. The molecule has 54 heavy (non-hydrogen) atoms. The van der Waals surface area contributed by atoms with Crippen LogP contribution in [0.4, 0.5) is 0 Å². The summed E-state index contributed by atoms with van der Waals surface area (Å²) >= 11 is 0. The van der Waals surface area contributed by atoms with Crippen LogP contribution in [0.25, 0.3) is 94.7 Å². The van der Waals surface area contributed by atoms with Crippen LogP contribution in [-0.2, 0) is 6.42 Å². The number of unbranched alkanes of at least 4 members (excludes halogenated alkanes) is 1. The molecule has 258 valence electrons. The summed E-state index contributed by atoms with van der Waals surface area (Å²) in [4.78, 5) is 15.6. The van der Waals surface area contributed by atoms with Gasteiger partial charge in [-0.15, -0.1) is 0 Å². The van der Waals surface area contributed by atoms with Crippen molar-refractivity contribution in [1.82, 2.24) is 19.5 Å². The Balaban J connectivity index is 1.19. The third-order valence-electron chi connectivity index (χ3n) is 10.5. The third-order valence-corrected chi connectivity index (χ3v) is 10.5. The van der Waals surface area contributed by atoms with E-state index in [1.807, 2.05) is 30.3 Å². The molecule has 0 radical (unpaired) electrons. The van der Waals surface area contributed by atoms with Crippen molar-refractivity contribution in [2.75, 3.05) is 0 Å². The lowest BCUT2D eigenvalue weighted by molar-refractivity contribution is 0.669. The van der Waals surface area contributed by atoms with E-state index in [1.165, 1.54) is 29.4 Å². The SMILES string of the molecule is CCCCc1ccc(-c2cccc(-c3nc(-c4ccccc4)nc(-c4ccccc4-n4c5ccccc5c5ccc6oc7ccccc7c6c54)n3)c2)cc1. The Morgan fingerprint density at radius 1 is 0.500 bits per heavy atom. The predicted octanol–water partition coefficient (Wildman–Crippen LogP) is 12.9. The number of fused-ring (bicyclic) bond motifs is 7. The molecule has 0 aliphatic heterocycles. The van der Waals surface area contributed by atoms with Crippen LogP contribution in [0.2, 0.25) is 0 Å². The highest BCUT2D eigenvalue weighted by atomic mass is 16.3. The fourth-order valence-electron chi connectivity index (χ4n) is 7.80. The summed E-state index contributed by atoms with van der Waals surface area (Å²) in [6, 6.07) is 57.2. The number of furan rings is 1. The molecule has 0 saturated heterocycles. The average Bonchev–Trinajstić information content (AvgIpc) is 3.79. The highest BCUT2D eigenvalue weighted by Gasteiger charge is 2.22. The Morgan fingerprint density at radius 3 is 2.04 bits per heavy atom. The molecule has 0 aliphatic carbocycles. The van der Waals surface area contributed by atoms with Crippen LogP contribution in [-0.4, -0.2) is 19.5 Å². The van der Waals surface area contributed by atoms with E-state index in [0.717, 1.165) is 72.7 Å². The maximum Gasteiger partial charge on any atom is 0.166 e. The van der Waals surface area contributed by atoms with Crippen molar-refractivity contribution < 1.29 is 4.42 Å². The second-order valence-corrected chi connectivity index (χ2v) is 13.9. The van der Waals surface area contributed by atoms with Gasteiger partial charge >= 0.3 is 0 Å². The molecule has 0 unspecified atom stereocenters. The number of hydrogen-bond donors (Lipinski definition) is 0. The zero-order chi connectivity index (χ0) is 36.0. The van der Waals surface area contributed by atoms with Crippen LogP contribution in [0.5, 0.6) is 0 Å². The van der Waals surface area contributed by atoms with E-state index < -0.39 is 0 Å². The van der Waals surface area contributed by atoms with Crippen molar-refractivity contribution in [3.8, 4) is 51.0 Å². The summed E-state index contributed by atoms with van der Waals surface area (Å²) in [6.07, 6.45) is 3.49. The van der Waals surface area contributed by atoms with E-state index in [2.05, 4.69) is 145 Å². The van der Waals surface area contributed by atoms with Gasteiger partial charge < -0.3 is 8.98 Å². The quantitative estimate of drug-likeness (QED) is 0.159. The summed E-state index contributed by atoms with van der Waals surface area (Å²) in [5.74, 6) is 1.86. The van der Waals surface area contributed by atoms with Crippen LogP contribution in [0, 0.1) is 0 Å². The zero-order valence-corrected chi connectivity index (χ0v) is 29.9. The predicted molar refractivity (Wildman–Crippen MR) is 222 cm³/mol. The van der Waals surface area contributed by atoms with E-state index in [9.17, 15) is 0 Å². The smallest absolute Gasteiger partial charge is 0.166 e. The van der Waals surface area contributed by atoms with Crippen LogP contribution < -0.4 is 0 Å². The molecule has 0 fully saturated rings. The van der Waals surface area contributed by atoms with Gasteiger partial charge in [-0.25, -0.2) is 15.0 Å². The molecule has 5 nitrogen and oxygen atoms in total. The Morgan fingerprint density at radius 2 is 1.19 bits per heavy atom. The standard InChI is InChI=1S/C49H36N4O/c1-2-3-14-32-25-27-33(28-26-32)35-17-13-18-36(31-35)48-50-47(34-15-5-4-6-16-34)51-49(52-48)39-20-8-11-23-42(39)53-41-22-10-7-19-37(41)38-29-30-44-45(46(38)53)40-21-9-12-24-43(40)54-44/h4-13,15-31H,2-3,14H2,1H3. The molecule has 3 aromatic heterocycles. The third kappa shape index (κ3) is 5.44. The molecule has 0 spiro atoms. The molecule has 7 aromatic carbocycles. The van der Waals surface area contributed by atoms with Crippen molar-refractivity contribution in [2.24, 2.45) is 0 Å². The summed E-state index contributed by atoms with van der Waals surface area (Å²) in [5.41, 5.74) is 11.3. The number of benzene rings is 7. The van der Waals surface area contributed by atoms with Crippen molar-refractivity contribution in [2.45, 2.75) is 26.2 Å². The van der Waals surface area contributed by atoms with Gasteiger partial charge in [-0.2, -0.15) is 0 Å². The minimum Gasteiger partial charge on any atom is -0.456 e. The fourth-order valence-corrected chi connectivity index (χ4v) is 7.80. The van der Waals surface area contributed by atoms with Gasteiger partial charge in [-0.05, 0) is 72.0 Å². The maximum atomic E-state index is 6.41. The highest BCUT2D eigenvalue weighted by molar-refractivity contribution is 6.24. The minimum absolute atomic E-state index is 0.607. The minimum atomic E-state index is 0.607. The highest BCUT2D eigenvalue weighted by Crippen LogP contribution is 2.42. The molecular weight excluding hydrogens is 661 g/mol. The Labute approximate surface area is 313 Å². The normalized spacial score (nSPS) is 11.6. The van der Waals surface area contributed by atoms with Crippen LogP contribution in [0.3, 0.4) is 0 Å². The van der Waals surface area contributed by atoms with E-state index in [-0.39, 0.29) is 0 Å². The van der Waals surface area contributed by atoms with E-state index in [1.54, 1.807) is 0 Å². The maximum absolute atomic E-state index is 6.41. The van der Waals surface area contributed by atoms with Gasteiger partial charge in [-0.3, -0.25) is 0 Å². The molecule has 0 bridgehead atoms. The molecule has 0 atom stereocenters. The average molecular weight is 697 g/mol. The summed E-state index contributed by atoms with van der Waals surface area (Å²) < 4.78 is 8.77. The summed E-state index contributed by atoms with van der Waals surface area (Å²) in [5, 5.41) is 4.51. The molecular formula is C49H36N4O. The van der Waals surface area contributed by atoms with Crippen molar-refractivity contribution in [1.29, 1.82) is 0 Å². The zero-order valence-electron chi connectivity index (χ0n) is 29.9. The van der Waals surface area contributed by atoms with Crippen LogP contribution in [0.15, 0.2) is 168 Å². The van der Waals surface area contributed by atoms with Crippen molar-refractivity contribution >= 4 is 43.7 Å². The van der Waals surface area contributed by atoms with Crippen molar-refractivity contribution in [3.05, 3.63) is 169 Å². The molecule has 0 saturated carbocycles. The summed E-state index contributed by atoms with van der Waals surface area (Å²) in [6.45, 7) is 2.23. The van der Waals surface area contributed by atoms with Crippen molar-refractivity contribution in [3.63, 3.8) is 0 Å². The Kier molecular flexibility index (Phi) is 7.84. The van der Waals surface area contributed by atoms with Crippen LogP contribution >= 0.6 is 0 Å². The molecule has 10 rings (SSSR count). The first-order valence-corrected chi connectivity index (χ1v) is 18.7. The van der Waals surface area contributed by atoms with Gasteiger partial charge in [0.25, 0.3) is 0 Å². The lowest BCUT2D eigenvalue weighted by atomic mass is 10.00.